The van der Waals surface area contributed by atoms with Crippen LogP contribution in [-0.4, -0.2) is 30.9 Å². The summed E-state index contributed by atoms with van der Waals surface area (Å²) >= 11 is 4.00. The molecular formula is C12H20O4S. The first-order valence-corrected chi connectivity index (χ1v) is 6.30. The number of rotatable bonds is 9. The van der Waals surface area contributed by atoms with Crippen LogP contribution in [0.3, 0.4) is 0 Å². The Labute approximate surface area is 108 Å². The van der Waals surface area contributed by atoms with Gasteiger partial charge in [0.1, 0.15) is 0 Å². The summed E-state index contributed by atoms with van der Waals surface area (Å²) in [6.45, 7) is 5.78. The topological polar surface area (TPSA) is 52.6 Å². The highest BCUT2D eigenvalue weighted by Gasteiger charge is 2.03. The van der Waals surface area contributed by atoms with E-state index in [1.54, 1.807) is 6.92 Å². The van der Waals surface area contributed by atoms with E-state index in [1.807, 2.05) is 0 Å². The largest absolute Gasteiger partial charge is 0.466 e. The molecule has 4 nitrogen and oxygen atoms in total. The van der Waals surface area contributed by atoms with Gasteiger partial charge in [0.05, 0.1) is 13.2 Å². The average Bonchev–Trinajstić information content (AvgIpc) is 2.30. The third-order valence-corrected chi connectivity index (χ3v) is 2.24. The zero-order valence-corrected chi connectivity index (χ0v) is 11.1. The molecule has 98 valence electrons. The van der Waals surface area contributed by atoms with Crippen LogP contribution in [0.1, 0.15) is 32.6 Å². The van der Waals surface area contributed by atoms with Crippen LogP contribution in [0.5, 0.6) is 0 Å². The van der Waals surface area contributed by atoms with E-state index in [0.29, 0.717) is 43.8 Å². The van der Waals surface area contributed by atoms with Crippen LogP contribution < -0.4 is 0 Å². The SMILES string of the molecule is C=C(C)C(=O)OCCCCOC(=O)CCCS. The average molecular weight is 260 g/mol. The van der Waals surface area contributed by atoms with Crippen molar-refractivity contribution in [2.24, 2.45) is 0 Å². The van der Waals surface area contributed by atoms with Gasteiger partial charge in [0.25, 0.3) is 0 Å². The molecule has 0 aromatic rings. The maximum Gasteiger partial charge on any atom is 0.333 e. The molecule has 0 aliphatic rings. The molecule has 0 bridgehead atoms. The molecule has 0 spiro atoms. The maximum absolute atomic E-state index is 11.1. The van der Waals surface area contributed by atoms with Gasteiger partial charge in [-0.2, -0.15) is 12.6 Å². The highest BCUT2D eigenvalue weighted by atomic mass is 32.1. The summed E-state index contributed by atoms with van der Waals surface area (Å²) in [5.74, 6) is 0.111. The Morgan fingerprint density at radius 2 is 1.71 bits per heavy atom. The van der Waals surface area contributed by atoms with Gasteiger partial charge >= 0.3 is 11.9 Å². The summed E-state index contributed by atoms with van der Waals surface area (Å²) < 4.78 is 9.85. The third kappa shape index (κ3) is 9.93. The van der Waals surface area contributed by atoms with E-state index in [-0.39, 0.29) is 11.9 Å². The summed E-state index contributed by atoms with van der Waals surface area (Å²) in [6, 6.07) is 0. The fourth-order valence-electron chi connectivity index (χ4n) is 0.974. The Morgan fingerprint density at radius 3 is 2.24 bits per heavy atom. The van der Waals surface area contributed by atoms with Gasteiger partial charge < -0.3 is 9.47 Å². The van der Waals surface area contributed by atoms with Gasteiger partial charge in [-0.15, -0.1) is 0 Å². The lowest BCUT2D eigenvalue weighted by Crippen LogP contribution is -2.09. The Kier molecular flexibility index (Phi) is 9.62. The van der Waals surface area contributed by atoms with Gasteiger partial charge in [-0.3, -0.25) is 4.79 Å². The number of thiol groups is 1. The third-order valence-electron chi connectivity index (χ3n) is 1.92. The fraction of sp³-hybridized carbons (Fsp3) is 0.667. The summed E-state index contributed by atoms with van der Waals surface area (Å²) in [4.78, 5) is 22.1. The predicted molar refractivity (Wildman–Crippen MR) is 69.1 cm³/mol. The summed E-state index contributed by atoms with van der Waals surface area (Å²) in [5.41, 5.74) is 0.392. The van der Waals surface area contributed by atoms with Crippen LogP contribution >= 0.6 is 12.6 Å². The van der Waals surface area contributed by atoms with Gasteiger partial charge in [-0.05, 0) is 31.9 Å². The normalized spacial score (nSPS) is 9.76. The minimum absolute atomic E-state index is 0.196. The van der Waals surface area contributed by atoms with Crippen LogP contribution in [0.15, 0.2) is 12.2 Å². The van der Waals surface area contributed by atoms with E-state index in [0.717, 1.165) is 6.42 Å². The highest BCUT2D eigenvalue weighted by molar-refractivity contribution is 7.80. The van der Waals surface area contributed by atoms with Crippen molar-refractivity contribution in [3.8, 4) is 0 Å². The number of esters is 2. The zero-order valence-electron chi connectivity index (χ0n) is 10.2. The van der Waals surface area contributed by atoms with Gasteiger partial charge in [0.15, 0.2) is 0 Å². The number of ether oxygens (including phenoxy) is 2. The van der Waals surface area contributed by atoms with Crippen molar-refractivity contribution in [1.29, 1.82) is 0 Å². The van der Waals surface area contributed by atoms with E-state index in [1.165, 1.54) is 0 Å². The lowest BCUT2D eigenvalue weighted by molar-refractivity contribution is -0.144. The van der Waals surface area contributed by atoms with E-state index in [4.69, 9.17) is 9.47 Å². The minimum Gasteiger partial charge on any atom is -0.466 e. The van der Waals surface area contributed by atoms with Crippen LogP contribution in [-0.2, 0) is 19.1 Å². The lowest BCUT2D eigenvalue weighted by Gasteiger charge is -2.05. The van der Waals surface area contributed by atoms with Gasteiger partial charge in [0, 0.05) is 12.0 Å². The van der Waals surface area contributed by atoms with Crippen molar-refractivity contribution in [2.45, 2.75) is 32.6 Å². The Balaban J connectivity index is 3.32. The molecule has 0 heterocycles. The number of carbonyl (C=O) groups is 2. The molecule has 0 aromatic carbocycles. The lowest BCUT2D eigenvalue weighted by atomic mass is 10.3. The monoisotopic (exact) mass is 260 g/mol. The van der Waals surface area contributed by atoms with Crippen LogP contribution in [0.4, 0.5) is 0 Å². The van der Waals surface area contributed by atoms with Crippen LogP contribution in [0, 0.1) is 0 Å². The molecule has 0 radical (unpaired) electrons. The minimum atomic E-state index is -0.379. The van der Waals surface area contributed by atoms with Crippen molar-refractivity contribution in [3.05, 3.63) is 12.2 Å². The molecule has 5 heteroatoms. The van der Waals surface area contributed by atoms with Crippen LogP contribution in [0.25, 0.3) is 0 Å². The summed E-state index contributed by atoms with van der Waals surface area (Å²) in [7, 11) is 0. The molecule has 0 saturated heterocycles. The molecule has 0 N–H and O–H groups in total. The summed E-state index contributed by atoms with van der Waals surface area (Å²) in [6.07, 6.45) is 2.52. The standard InChI is InChI=1S/C12H20O4S/c1-10(2)12(14)16-8-4-3-7-15-11(13)6-5-9-17/h17H,1,3-9H2,2H3. The quantitative estimate of drug-likeness (QED) is 0.299. The second kappa shape index (κ2) is 10.2. The van der Waals surface area contributed by atoms with Gasteiger partial charge in [0.2, 0.25) is 0 Å². The van der Waals surface area contributed by atoms with E-state index in [9.17, 15) is 9.59 Å². The van der Waals surface area contributed by atoms with Gasteiger partial charge in [-0.1, -0.05) is 6.58 Å². The van der Waals surface area contributed by atoms with E-state index < -0.39 is 0 Å². The maximum atomic E-state index is 11.1. The number of unbranched alkanes of at least 4 members (excludes halogenated alkanes) is 1. The van der Waals surface area contributed by atoms with Crippen molar-refractivity contribution in [3.63, 3.8) is 0 Å². The van der Waals surface area contributed by atoms with Crippen molar-refractivity contribution < 1.29 is 19.1 Å². The molecule has 0 aromatic heterocycles. The summed E-state index contributed by atoms with van der Waals surface area (Å²) in [5, 5.41) is 0. The first-order chi connectivity index (χ1) is 8.07. The highest BCUT2D eigenvalue weighted by Crippen LogP contribution is 1.99. The molecule has 0 fully saturated rings. The molecule has 0 saturated carbocycles. The zero-order chi connectivity index (χ0) is 13.1. The molecule has 0 aliphatic heterocycles. The predicted octanol–water partition coefficient (Wildman–Crippen LogP) is 2.14. The molecular weight excluding hydrogens is 240 g/mol. The van der Waals surface area contributed by atoms with Gasteiger partial charge in [-0.25, -0.2) is 4.79 Å². The molecule has 0 rings (SSSR count). The number of hydrogen-bond donors (Lipinski definition) is 1. The van der Waals surface area contributed by atoms with Crippen LogP contribution in [0.2, 0.25) is 0 Å². The number of hydrogen-bond acceptors (Lipinski definition) is 5. The first kappa shape index (κ1) is 16.0. The fourth-order valence-corrected chi connectivity index (χ4v) is 1.13. The Hall–Kier alpha value is -0.970. The Bertz CT molecular complexity index is 263. The van der Waals surface area contributed by atoms with E-state index in [2.05, 4.69) is 19.2 Å². The molecule has 0 unspecified atom stereocenters. The van der Waals surface area contributed by atoms with Crippen molar-refractivity contribution >= 4 is 24.6 Å². The second-order valence-corrected chi connectivity index (χ2v) is 4.12. The van der Waals surface area contributed by atoms with Crippen molar-refractivity contribution in [2.75, 3.05) is 19.0 Å². The second-order valence-electron chi connectivity index (χ2n) is 3.67. The first-order valence-electron chi connectivity index (χ1n) is 5.67. The molecule has 0 atom stereocenters. The van der Waals surface area contributed by atoms with Crippen molar-refractivity contribution in [1.82, 2.24) is 0 Å². The molecule has 0 amide bonds. The molecule has 17 heavy (non-hydrogen) atoms. The van der Waals surface area contributed by atoms with E-state index >= 15 is 0 Å². The Morgan fingerprint density at radius 1 is 1.12 bits per heavy atom. The smallest absolute Gasteiger partial charge is 0.333 e. The molecule has 0 aliphatic carbocycles. The number of carbonyl (C=O) groups excluding carboxylic acids is 2.